The molecular weight excluding hydrogens is 340 g/mol. The number of hydrogen-bond acceptors (Lipinski definition) is 6. The van der Waals surface area contributed by atoms with Gasteiger partial charge in [0.1, 0.15) is 0 Å². The summed E-state index contributed by atoms with van der Waals surface area (Å²) in [5, 5.41) is 4.29. The SMILES string of the molecule is COc1ccnc(N2CCN(Cc3cccc(Cn4cccn4)c3)CC2)n1. The van der Waals surface area contributed by atoms with Gasteiger partial charge in [0.15, 0.2) is 0 Å². The molecule has 2 aromatic heterocycles. The third-order valence-electron chi connectivity index (χ3n) is 4.78. The zero-order valence-corrected chi connectivity index (χ0v) is 15.5. The molecule has 1 aromatic carbocycles. The molecule has 0 amide bonds. The highest BCUT2D eigenvalue weighted by molar-refractivity contribution is 5.33. The van der Waals surface area contributed by atoms with Crippen molar-refractivity contribution in [3.05, 3.63) is 66.1 Å². The number of anilines is 1. The average Bonchev–Trinajstić information content (AvgIpc) is 3.22. The second kappa shape index (κ2) is 8.18. The van der Waals surface area contributed by atoms with Crippen molar-refractivity contribution in [2.45, 2.75) is 13.1 Å². The smallest absolute Gasteiger partial charge is 0.228 e. The molecule has 0 saturated carbocycles. The predicted octanol–water partition coefficient (Wildman–Crippen LogP) is 2.05. The summed E-state index contributed by atoms with van der Waals surface area (Å²) in [7, 11) is 1.63. The minimum Gasteiger partial charge on any atom is -0.481 e. The molecule has 0 radical (unpaired) electrons. The standard InChI is InChI=1S/C20H24N6O/c1-27-19-6-8-21-20(23-19)25-12-10-24(11-13-25)15-17-4-2-5-18(14-17)16-26-9-3-7-22-26/h2-9,14H,10-13,15-16H2,1H3. The molecule has 3 heterocycles. The molecule has 7 nitrogen and oxygen atoms in total. The van der Waals surface area contributed by atoms with Crippen LogP contribution in [0.3, 0.4) is 0 Å². The molecule has 0 spiro atoms. The van der Waals surface area contributed by atoms with E-state index in [2.05, 4.69) is 49.1 Å². The van der Waals surface area contributed by atoms with Gasteiger partial charge in [-0.3, -0.25) is 9.58 Å². The minimum atomic E-state index is 0.608. The number of piperazine rings is 1. The fraction of sp³-hybridized carbons (Fsp3) is 0.350. The highest BCUT2D eigenvalue weighted by Crippen LogP contribution is 2.16. The van der Waals surface area contributed by atoms with Crippen LogP contribution in [-0.2, 0) is 13.1 Å². The Hall–Kier alpha value is -2.93. The van der Waals surface area contributed by atoms with Crippen LogP contribution in [0.4, 0.5) is 5.95 Å². The van der Waals surface area contributed by atoms with Crippen molar-refractivity contribution in [3.8, 4) is 5.88 Å². The first-order valence-electron chi connectivity index (χ1n) is 9.20. The van der Waals surface area contributed by atoms with Crippen molar-refractivity contribution in [3.63, 3.8) is 0 Å². The fourth-order valence-electron chi connectivity index (χ4n) is 3.37. The fourth-order valence-corrected chi connectivity index (χ4v) is 3.37. The van der Waals surface area contributed by atoms with Gasteiger partial charge in [-0.15, -0.1) is 0 Å². The largest absolute Gasteiger partial charge is 0.481 e. The maximum Gasteiger partial charge on any atom is 0.228 e. The molecule has 4 rings (SSSR count). The Kier molecular flexibility index (Phi) is 5.29. The third-order valence-corrected chi connectivity index (χ3v) is 4.78. The zero-order chi connectivity index (χ0) is 18.5. The van der Waals surface area contributed by atoms with Crippen LogP contribution in [0, 0.1) is 0 Å². The van der Waals surface area contributed by atoms with Gasteiger partial charge in [-0.25, -0.2) is 4.98 Å². The van der Waals surface area contributed by atoms with Crippen molar-refractivity contribution in [2.75, 3.05) is 38.2 Å². The third kappa shape index (κ3) is 4.43. The second-order valence-electron chi connectivity index (χ2n) is 6.69. The Morgan fingerprint density at radius 1 is 0.963 bits per heavy atom. The molecular formula is C20H24N6O. The Morgan fingerprint density at radius 2 is 1.78 bits per heavy atom. The average molecular weight is 364 g/mol. The first-order valence-corrected chi connectivity index (χ1v) is 9.20. The quantitative estimate of drug-likeness (QED) is 0.667. The molecule has 0 aliphatic carbocycles. The Morgan fingerprint density at radius 3 is 2.52 bits per heavy atom. The van der Waals surface area contributed by atoms with E-state index in [1.165, 1.54) is 11.1 Å². The van der Waals surface area contributed by atoms with Crippen LogP contribution >= 0.6 is 0 Å². The van der Waals surface area contributed by atoms with Gasteiger partial charge in [-0.2, -0.15) is 10.1 Å². The van der Waals surface area contributed by atoms with E-state index in [0.29, 0.717) is 5.88 Å². The normalized spacial score (nSPS) is 15.1. The van der Waals surface area contributed by atoms with Crippen LogP contribution in [0.2, 0.25) is 0 Å². The summed E-state index contributed by atoms with van der Waals surface area (Å²) in [4.78, 5) is 13.5. The van der Waals surface area contributed by atoms with Crippen molar-refractivity contribution in [2.24, 2.45) is 0 Å². The number of nitrogens with zero attached hydrogens (tertiary/aromatic N) is 6. The first kappa shape index (κ1) is 17.5. The van der Waals surface area contributed by atoms with Crippen molar-refractivity contribution >= 4 is 5.95 Å². The van der Waals surface area contributed by atoms with Crippen LogP contribution in [0.25, 0.3) is 0 Å². The van der Waals surface area contributed by atoms with E-state index < -0.39 is 0 Å². The maximum atomic E-state index is 5.20. The van der Waals surface area contributed by atoms with Gasteiger partial charge in [-0.1, -0.05) is 24.3 Å². The number of benzene rings is 1. The highest BCUT2D eigenvalue weighted by Gasteiger charge is 2.19. The molecule has 140 valence electrons. The summed E-state index contributed by atoms with van der Waals surface area (Å²) in [6.07, 6.45) is 5.56. The number of aromatic nitrogens is 4. The summed E-state index contributed by atoms with van der Waals surface area (Å²) in [5.41, 5.74) is 2.62. The second-order valence-corrected chi connectivity index (χ2v) is 6.69. The van der Waals surface area contributed by atoms with Gasteiger partial charge >= 0.3 is 0 Å². The first-order chi connectivity index (χ1) is 13.3. The van der Waals surface area contributed by atoms with Gasteiger partial charge in [0.05, 0.1) is 13.7 Å². The van der Waals surface area contributed by atoms with Crippen LogP contribution in [0.1, 0.15) is 11.1 Å². The lowest BCUT2D eigenvalue weighted by Crippen LogP contribution is -2.46. The summed E-state index contributed by atoms with van der Waals surface area (Å²) < 4.78 is 7.15. The van der Waals surface area contributed by atoms with Crippen LogP contribution in [-0.4, -0.2) is 57.9 Å². The van der Waals surface area contributed by atoms with Gasteiger partial charge in [0, 0.05) is 57.4 Å². The molecule has 1 fully saturated rings. The Balaban J connectivity index is 1.34. The number of methoxy groups -OCH3 is 1. The molecule has 1 saturated heterocycles. The van der Waals surface area contributed by atoms with Crippen molar-refractivity contribution < 1.29 is 4.74 Å². The Labute approximate surface area is 159 Å². The van der Waals surface area contributed by atoms with E-state index in [1.807, 2.05) is 23.1 Å². The van der Waals surface area contributed by atoms with Gasteiger partial charge in [0.25, 0.3) is 0 Å². The minimum absolute atomic E-state index is 0.608. The van der Waals surface area contributed by atoms with E-state index in [9.17, 15) is 0 Å². The maximum absolute atomic E-state index is 5.20. The molecule has 7 heteroatoms. The highest BCUT2D eigenvalue weighted by atomic mass is 16.5. The number of ether oxygens (including phenoxy) is 1. The van der Waals surface area contributed by atoms with Gasteiger partial charge in [0.2, 0.25) is 11.8 Å². The molecule has 1 aliphatic heterocycles. The van der Waals surface area contributed by atoms with Crippen LogP contribution in [0.15, 0.2) is 55.0 Å². The van der Waals surface area contributed by atoms with E-state index in [0.717, 1.165) is 45.2 Å². The molecule has 0 bridgehead atoms. The zero-order valence-electron chi connectivity index (χ0n) is 15.5. The lowest BCUT2D eigenvalue weighted by atomic mass is 10.1. The monoisotopic (exact) mass is 364 g/mol. The molecule has 0 unspecified atom stereocenters. The van der Waals surface area contributed by atoms with E-state index in [4.69, 9.17) is 4.74 Å². The predicted molar refractivity (Wildman–Crippen MR) is 104 cm³/mol. The lowest BCUT2D eigenvalue weighted by Gasteiger charge is -2.34. The number of hydrogen-bond donors (Lipinski definition) is 0. The molecule has 0 atom stereocenters. The van der Waals surface area contributed by atoms with Gasteiger partial charge in [-0.05, 0) is 17.2 Å². The molecule has 27 heavy (non-hydrogen) atoms. The summed E-state index contributed by atoms with van der Waals surface area (Å²) in [6, 6.07) is 12.5. The van der Waals surface area contributed by atoms with Gasteiger partial charge < -0.3 is 9.64 Å². The molecule has 3 aromatic rings. The van der Waals surface area contributed by atoms with Crippen molar-refractivity contribution in [1.82, 2.24) is 24.6 Å². The van der Waals surface area contributed by atoms with Crippen LogP contribution < -0.4 is 9.64 Å². The Bertz CT molecular complexity index is 858. The summed E-state index contributed by atoms with van der Waals surface area (Å²) >= 11 is 0. The molecule has 1 aliphatic rings. The van der Waals surface area contributed by atoms with E-state index in [-0.39, 0.29) is 0 Å². The van der Waals surface area contributed by atoms with E-state index >= 15 is 0 Å². The topological polar surface area (TPSA) is 59.3 Å². The summed E-state index contributed by atoms with van der Waals surface area (Å²) in [5.74, 6) is 1.35. The summed E-state index contributed by atoms with van der Waals surface area (Å²) in [6.45, 7) is 5.58. The van der Waals surface area contributed by atoms with E-state index in [1.54, 1.807) is 19.4 Å². The number of rotatable bonds is 6. The van der Waals surface area contributed by atoms with Crippen molar-refractivity contribution in [1.29, 1.82) is 0 Å². The molecule has 0 N–H and O–H groups in total. The van der Waals surface area contributed by atoms with Crippen LogP contribution in [0.5, 0.6) is 5.88 Å². The lowest BCUT2D eigenvalue weighted by molar-refractivity contribution is 0.248.